The van der Waals surface area contributed by atoms with E-state index in [4.69, 9.17) is 103 Å². The number of hydrogen-bond donors (Lipinski definition) is 5. The van der Waals surface area contributed by atoms with E-state index in [1.165, 1.54) is 6.92 Å². The van der Waals surface area contributed by atoms with Gasteiger partial charge in [-0.3, -0.25) is 14.4 Å². The van der Waals surface area contributed by atoms with Crippen LogP contribution in [0.4, 0.5) is 5.69 Å². The molecule has 0 bridgehead atoms. The van der Waals surface area contributed by atoms with E-state index in [2.05, 4.69) is 31.0 Å². The Bertz CT molecular complexity index is 1910. The number of aliphatic hydroxyl groups excluding tert-OH is 2. The summed E-state index contributed by atoms with van der Waals surface area (Å²) in [4.78, 5) is 36.6. The number of rotatable bonds is 65. The Morgan fingerprint density at radius 3 is 1.15 bits per heavy atom. The second-order valence-electron chi connectivity index (χ2n) is 19.1. The monoisotopic (exact) mass is 1340 g/mol. The van der Waals surface area contributed by atoms with Crippen LogP contribution in [0.1, 0.15) is 58.4 Å². The molecular weight excluding hydrogens is 1220 g/mol. The third-order valence-electron chi connectivity index (χ3n) is 11.5. The number of carbonyl (C=O) groups is 3. The molecular formula is C62H117BN6O24. The number of ether oxygens (including phenoxy) is 19. The fourth-order valence-corrected chi connectivity index (χ4v) is 6.90. The first-order valence-electron chi connectivity index (χ1n) is 32.1. The molecule has 1 heterocycles. The highest BCUT2D eigenvalue weighted by atomic mass is 16.6. The predicted octanol–water partition coefficient (Wildman–Crippen LogP) is 1.44. The van der Waals surface area contributed by atoms with Crippen molar-refractivity contribution >= 4 is 31.3 Å². The summed E-state index contributed by atoms with van der Waals surface area (Å²) < 4.78 is 105. The highest BCUT2D eigenvalue weighted by molar-refractivity contribution is 6.08. The van der Waals surface area contributed by atoms with Gasteiger partial charge in [-0.2, -0.15) is 0 Å². The Hall–Kier alpha value is -4.01. The summed E-state index contributed by atoms with van der Waals surface area (Å²) in [7, 11) is 8.63. The van der Waals surface area contributed by atoms with E-state index in [9.17, 15) is 14.4 Å². The highest BCUT2D eigenvalue weighted by Gasteiger charge is 2.23. The van der Waals surface area contributed by atoms with Crippen LogP contribution in [0.2, 0.25) is 0 Å². The average molecular weight is 1340 g/mol. The zero-order valence-corrected chi connectivity index (χ0v) is 57.3. The Kier molecular flexibility index (Phi) is 72.3. The molecule has 2 aromatic rings. The van der Waals surface area contributed by atoms with Gasteiger partial charge in [-0.15, -0.1) is 5.10 Å². The lowest BCUT2D eigenvalue weighted by Gasteiger charge is -2.20. The van der Waals surface area contributed by atoms with Gasteiger partial charge in [-0.25, -0.2) is 4.68 Å². The van der Waals surface area contributed by atoms with Gasteiger partial charge in [0.1, 0.15) is 11.7 Å². The molecule has 0 unspecified atom stereocenters. The van der Waals surface area contributed by atoms with Crippen molar-refractivity contribution in [3.05, 3.63) is 41.2 Å². The minimum absolute atomic E-state index is 0.0144. The maximum atomic E-state index is 12.6. The van der Waals surface area contributed by atoms with Crippen LogP contribution in [0.15, 0.2) is 24.4 Å². The molecule has 542 valence electrons. The first-order chi connectivity index (χ1) is 45.6. The van der Waals surface area contributed by atoms with Crippen molar-refractivity contribution in [2.24, 2.45) is 5.92 Å². The minimum atomic E-state index is -0.743. The molecule has 0 saturated carbocycles. The average Bonchev–Trinajstić information content (AvgIpc) is 2.10. The van der Waals surface area contributed by atoms with Gasteiger partial charge in [0, 0.05) is 33.4 Å². The third-order valence-corrected chi connectivity index (χ3v) is 11.5. The lowest BCUT2D eigenvalue weighted by Crippen LogP contribution is -2.50. The quantitative estimate of drug-likeness (QED) is 0.0462. The van der Waals surface area contributed by atoms with Gasteiger partial charge in [0.15, 0.2) is 0 Å². The summed E-state index contributed by atoms with van der Waals surface area (Å²) in [5.41, 5.74) is 2.81. The van der Waals surface area contributed by atoms with Crippen LogP contribution >= 0.6 is 0 Å². The fourth-order valence-electron chi connectivity index (χ4n) is 6.90. The van der Waals surface area contributed by atoms with E-state index in [0.29, 0.717) is 243 Å². The number of aromatic nitrogens is 3. The molecule has 0 saturated heterocycles. The molecule has 1 aromatic carbocycles. The number of nitrogens with zero attached hydrogens (tertiary/aromatic N) is 3. The molecule has 31 heteroatoms. The van der Waals surface area contributed by atoms with Crippen molar-refractivity contribution in [2.75, 3.05) is 264 Å². The molecule has 93 heavy (non-hydrogen) atoms. The molecule has 2 rings (SSSR count). The van der Waals surface area contributed by atoms with Crippen LogP contribution in [0.5, 0.6) is 0 Å². The number of carbonyl (C=O) groups excluding carboxylic acids is 3. The van der Waals surface area contributed by atoms with Crippen LogP contribution < -0.4 is 16.0 Å². The number of amides is 3. The Labute approximate surface area is 554 Å². The molecule has 3 amide bonds. The van der Waals surface area contributed by atoms with E-state index in [-0.39, 0.29) is 44.5 Å². The zero-order valence-electron chi connectivity index (χ0n) is 57.3. The van der Waals surface area contributed by atoms with Gasteiger partial charge in [-0.05, 0) is 30.5 Å². The Balaban J connectivity index is 0. The van der Waals surface area contributed by atoms with Crippen LogP contribution in [-0.2, 0) is 130 Å². The summed E-state index contributed by atoms with van der Waals surface area (Å²) in [5, 5.41) is 31.9. The predicted molar refractivity (Wildman–Crippen MR) is 347 cm³/mol. The Morgan fingerprint density at radius 2 is 0.849 bits per heavy atom. The lowest BCUT2D eigenvalue weighted by molar-refractivity contribution is -0.130. The molecule has 0 fully saturated rings. The maximum absolute atomic E-state index is 12.6. The van der Waals surface area contributed by atoms with Gasteiger partial charge in [0.2, 0.25) is 17.7 Å². The van der Waals surface area contributed by atoms with Gasteiger partial charge < -0.3 is 116 Å². The zero-order chi connectivity index (χ0) is 68.6. The summed E-state index contributed by atoms with van der Waals surface area (Å²) in [6.45, 7) is 28.2. The van der Waals surface area contributed by atoms with Crippen molar-refractivity contribution in [2.45, 2.75) is 73.7 Å². The van der Waals surface area contributed by atoms with Gasteiger partial charge >= 0.3 is 0 Å². The molecule has 0 spiro atoms. The van der Waals surface area contributed by atoms with E-state index < -0.39 is 17.9 Å². The second-order valence-corrected chi connectivity index (χ2v) is 19.1. The number of anilines is 1. The van der Waals surface area contributed by atoms with E-state index >= 15 is 0 Å². The largest absolute Gasteiger partial charge is 0.400 e. The molecule has 0 aliphatic heterocycles. The van der Waals surface area contributed by atoms with E-state index in [1.54, 1.807) is 30.1 Å². The molecule has 1 atom stereocenters. The second kappa shape index (κ2) is 73.8. The van der Waals surface area contributed by atoms with Crippen LogP contribution in [-0.4, -0.2) is 315 Å². The van der Waals surface area contributed by atoms with E-state index in [1.807, 2.05) is 40.7 Å². The van der Waals surface area contributed by atoms with Gasteiger partial charge in [0.05, 0.1) is 272 Å². The van der Waals surface area contributed by atoms with Crippen molar-refractivity contribution in [3.8, 4) is 0 Å². The fraction of sp³-hybridized carbons (Fsp3) is 0.823. The molecule has 0 aliphatic carbocycles. The maximum Gasteiger partial charge on any atom is 0.243 e. The van der Waals surface area contributed by atoms with Crippen LogP contribution in [0.3, 0.4) is 0 Å². The molecule has 1 aromatic heterocycles. The topological polar surface area (TPSA) is 334 Å². The number of aliphatic hydroxyl groups is 2. The normalized spacial score (nSPS) is 11.3. The van der Waals surface area contributed by atoms with Crippen LogP contribution in [0, 0.1) is 5.92 Å². The lowest BCUT2D eigenvalue weighted by atomic mass is 9.93. The number of methoxy groups -OCH3 is 1. The van der Waals surface area contributed by atoms with Crippen molar-refractivity contribution in [3.63, 3.8) is 0 Å². The summed E-state index contributed by atoms with van der Waals surface area (Å²) in [5.74, 6) is -1.34. The van der Waals surface area contributed by atoms with Gasteiger partial charge in [0.25, 0.3) is 0 Å². The Morgan fingerprint density at radius 1 is 0.516 bits per heavy atom. The third kappa shape index (κ3) is 62.6. The van der Waals surface area contributed by atoms with Crippen molar-refractivity contribution < 1.29 is 115 Å². The van der Waals surface area contributed by atoms with E-state index in [0.717, 1.165) is 24.8 Å². The SMILES string of the molecule is CC.CCOC.CO.[B]Cc1ccc(NC(=O)CNC(=O)[C@@H](NC(C)=O)C(C)C)cc1COCc1cn(CCOCCOCCOCCOCCOCCOCCOCCOCCOCCOCCOCCOCCOCCOCCOCCOCCOCCO)nn1. The molecule has 5 N–H and O–H groups in total. The molecule has 2 radical (unpaired) electrons. The molecule has 0 aliphatic rings. The number of hydrogen-bond acceptors (Lipinski definition) is 26. The first kappa shape index (κ1) is 91.1. The summed E-state index contributed by atoms with van der Waals surface area (Å²) in [6, 6.07) is 4.57. The standard InChI is InChI=1S/C56H99BN6O22.C3H8O.C2H6.CH4O/c1-48(2)55(59-49(3)65)56(67)58-44-54(66)60-52-5-4-50(43-57)51(42-52)46-85-47-53-45-63(62-61-53)6-8-68-10-12-70-14-16-72-18-20-74-22-24-76-26-28-78-30-32-80-34-36-82-38-40-84-41-39-83-37-35-81-33-31-79-29-27-77-25-23-75-21-19-73-17-15-71-13-11-69-9-7-64;1-3-4-2;2*1-2/h4-5,42,45,48,55,64H,6-41,43-44,46-47H2,1-3H3,(H,58,67)(H,59,65)(H,60,66);3H2,1-2H3;1-2H3;2H,1H3/t55-;;;/m0.../s1. The van der Waals surface area contributed by atoms with Crippen molar-refractivity contribution in [1.82, 2.24) is 25.6 Å². The smallest absolute Gasteiger partial charge is 0.243 e. The van der Waals surface area contributed by atoms with Gasteiger partial charge in [-0.1, -0.05) is 50.9 Å². The first-order valence-corrected chi connectivity index (χ1v) is 32.1. The number of nitrogens with one attached hydrogen (secondary N) is 3. The molecule has 30 nitrogen and oxygen atoms in total. The minimum Gasteiger partial charge on any atom is -0.400 e. The summed E-state index contributed by atoms with van der Waals surface area (Å²) in [6.07, 6.45) is 2.07. The summed E-state index contributed by atoms with van der Waals surface area (Å²) >= 11 is 0. The van der Waals surface area contributed by atoms with Crippen molar-refractivity contribution in [1.29, 1.82) is 0 Å². The van der Waals surface area contributed by atoms with Crippen LogP contribution in [0.25, 0.3) is 0 Å². The highest BCUT2D eigenvalue weighted by Crippen LogP contribution is 2.18. The number of benzene rings is 1.